The molecular weight excluding hydrogens is 152 g/mol. The van der Waals surface area contributed by atoms with Gasteiger partial charge in [0.15, 0.2) is 0 Å². The van der Waals surface area contributed by atoms with Crippen LogP contribution >= 0.6 is 0 Å². The molecule has 0 radical (unpaired) electrons. The topological polar surface area (TPSA) is 41.1 Å². The number of carbonyl (C=O) groups excluding carboxylic acids is 1. The first-order chi connectivity index (χ1) is 5.66. The number of unbranched alkanes of at least 4 members (excludes halogenated alkanes) is 1. The van der Waals surface area contributed by atoms with E-state index in [0.717, 1.165) is 25.0 Å². The van der Waals surface area contributed by atoms with Gasteiger partial charge < -0.3 is 10.6 Å². The van der Waals surface area contributed by atoms with Gasteiger partial charge in [0.05, 0.1) is 0 Å². The van der Waals surface area contributed by atoms with E-state index in [1.807, 2.05) is 6.92 Å². The molecule has 0 spiro atoms. The van der Waals surface area contributed by atoms with Crippen LogP contribution < -0.4 is 10.6 Å². The standard InChI is InChI=1S/C9H18N2O/c1-4-5-6-10-9(12)11-7-8(2)3/h2,4-7H2,1,3H3,(H2,10,11,12). The van der Waals surface area contributed by atoms with E-state index >= 15 is 0 Å². The average molecular weight is 170 g/mol. The van der Waals surface area contributed by atoms with Gasteiger partial charge in [-0.05, 0) is 13.3 Å². The molecular formula is C9H18N2O. The summed E-state index contributed by atoms with van der Waals surface area (Å²) in [5, 5.41) is 5.44. The van der Waals surface area contributed by atoms with Crippen molar-refractivity contribution in [1.82, 2.24) is 10.6 Å². The van der Waals surface area contributed by atoms with E-state index < -0.39 is 0 Å². The highest BCUT2D eigenvalue weighted by Gasteiger charge is 1.96. The molecule has 0 aromatic rings. The van der Waals surface area contributed by atoms with Crippen LogP contribution in [-0.2, 0) is 0 Å². The van der Waals surface area contributed by atoms with Crippen molar-refractivity contribution in [3.05, 3.63) is 12.2 Å². The third kappa shape index (κ3) is 7.12. The zero-order valence-corrected chi connectivity index (χ0v) is 7.94. The van der Waals surface area contributed by atoms with Crippen LogP contribution in [0, 0.1) is 0 Å². The van der Waals surface area contributed by atoms with E-state index in [4.69, 9.17) is 0 Å². The summed E-state index contributed by atoms with van der Waals surface area (Å²) in [4.78, 5) is 11.0. The maximum absolute atomic E-state index is 11.0. The van der Waals surface area contributed by atoms with Gasteiger partial charge in [0.2, 0.25) is 0 Å². The van der Waals surface area contributed by atoms with Crippen molar-refractivity contribution in [3.8, 4) is 0 Å². The van der Waals surface area contributed by atoms with Gasteiger partial charge in [-0.15, -0.1) is 0 Å². The molecule has 0 aromatic carbocycles. The summed E-state index contributed by atoms with van der Waals surface area (Å²) in [5.41, 5.74) is 0.959. The van der Waals surface area contributed by atoms with Crippen LogP contribution in [-0.4, -0.2) is 19.1 Å². The van der Waals surface area contributed by atoms with Crippen molar-refractivity contribution >= 4 is 6.03 Å². The van der Waals surface area contributed by atoms with E-state index in [2.05, 4.69) is 24.1 Å². The first-order valence-corrected chi connectivity index (χ1v) is 4.33. The molecule has 0 saturated heterocycles. The lowest BCUT2D eigenvalue weighted by Crippen LogP contribution is -2.36. The van der Waals surface area contributed by atoms with E-state index in [1.54, 1.807) is 0 Å². The smallest absolute Gasteiger partial charge is 0.315 e. The van der Waals surface area contributed by atoms with Crippen LogP contribution in [0.3, 0.4) is 0 Å². The minimum Gasteiger partial charge on any atom is -0.338 e. The Hall–Kier alpha value is -0.990. The Morgan fingerprint density at radius 2 is 2.08 bits per heavy atom. The van der Waals surface area contributed by atoms with Gasteiger partial charge in [0.1, 0.15) is 0 Å². The molecule has 0 saturated carbocycles. The van der Waals surface area contributed by atoms with Crippen LogP contribution in [0.5, 0.6) is 0 Å². The van der Waals surface area contributed by atoms with Crippen molar-refractivity contribution in [2.24, 2.45) is 0 Å². The van der Waals surface area contributed by atoms with Crippen molar-refractivity contribution in [2.75, 3.05) is 13.1 Å². The highest BCUT2D eigenvalue weighted by atomic mass is 16.2. The van der Waals surface area contributed by atoms with Crippen LogP contribution in [0.15, 0.2) is 12.2 Å². The fraction of sp³-hybridized carbons (Fsp3) is 0.667. The number of amides is 2. The van der Waals surface area contributed by atoms with Crippen molar-refractivity contribution in [2.45, 2.75) is 26.7 Å². The van der Waals surface area contributed by atoms with Crippen LogP contribution in [0.1, 0.15) is 26.7 Å². The second-order valence-corrected chi connectivity index (χ2v) is 2.92. The maximum Gasteiger partial charge on any atom is 0.315 e. The number of nitrogens with one attached hydrogen (secondary N) is 2. The second kappa shape index (κ2) is 6.70. The summed E-state index contributed by atoms with van der Waals surface area (Å²) in [6.07, 6.45) is 2.13. The van der Waals surface area contributed by atoms with Gasteiger partial charge in [-0.3, -0.25) is 0 Å². The normalized spacial score (nSPS) is 9.17. The molecule has 2 amide bonds. The first-order valence-electron chi connectivity index (χ1n) is 4.33. The van der Waals surface area contributed by atoms with Crippen LogP contribution in [0.25, 0.3) is 0 Å². The summed E-state index contributed by atoms with van der Waals surface area (Å²) >= 11 is 0. The molecule has 0 aromatic heterocycles. The Labute approximate surface area is 74.2 Å². The fourth-order valence-electron chi connectivity index (χ4n) is 0.672. The summed E-state index contributed by atoms with van der Waals surface area (Å²) in [7, 11) is 0. The lowest BCUT2D eigenvalue weighted by atomic mass is 10.3. The molecule has 0 bridgehead atoms. The second-order valence-electron chi connectivity index (χ2n) is 2.92. The Balaban J connectivity index is 3.28. The molecule has 0 unspecified atom stereocenters. The Bertz CT molecular complexity index is 155. The number of carbonyl (C=O) groups is 1. The molecule has 3 heteroatoms. The van der Waals surface area contributed by atoms with Gasteiger partial charge in [0, 0.05) is 13.1 Å². The molecule has 3 nitrogen and oxygen atoms in total. The van der Waals surface area contributed by atoms with Crippen molar-refractivity contribution in [1.29, 1.82) is 0 Å². The molecule has 2 N–H and O–H groups in total. The average Bonchev–Trinajstić information content (AvgIpc) is 2.01. The third-order valence-corrected chi connectivity index (χ3v) is 1.37. The van der Waals surface area contributed by atoms with Crippen LogP contribution in [0.4, 0.5) is 4.79 Å². The molecule has 0 aliphatic heterocycles. The third-order valence-electron chi connectivity index (χ3n) is 1.37. The predicted molar refractivity (Wildman–Crippen MR) is 51.1 cm³/mol. The van der Waals surface area contributed by atoms with Gasteiger partial charge >= 0.3 is 6.03 Å². The van der Waals surface area contributed by atoms with Crippen molar-refractivity contribution in [3.63, 3.8) is 0 Å². The van der Waals surface area contributed by atoms with Crippen molar-refractivity contribution < 1.29 is 4.79 Å². The highest BCUT2D eigenvalue weighted by molar-refractivity contribution is 5.73. The number of hydrogen-bond donors (Lipinski definition) is 2. The van der Waals surface area contributed by atoms with Crippen LogP contribution in [0.2, 0.25) is 0 Å². The fourth-order valence-corrected chi connectivity index (χ4v) is 0.672. The zero-order valence-electron chi connectivity index (χ0n) is 7.94. The summed E-state index contributed by atoms with van der Waals surface area (Å²) in [6, 6.07) is -0.105. The first kappa shape index (κ1) is 11.0. The van der Waals surface area contributed by atoms with Gasteiger partial charge in [-0.2, -0.15) is 0 Å². The molecule has 0 aliphatic rings. The van der Waals surface area contributed by atoms with E-state index in [9.17, 15) is 4.79 Å². The SMILES string of the molecule is C=C(C)CNC(=O)NCCCC. The minimum absolute atomic E-state index is 0.105. The number of rotatable bonds is 5. The molecule has 0 heterocycles. The molecule has 12 heavy (non-hydrogen) atoms. The predicted octanol–water partition coefficient (Wildman–Crippen LogP) is 1.66. The zero-order chi connectivity index (χ0) is 9.40. The number of hydrogen-bond acceptors (Lipinski definition) is 1. The van der Waals surface area contributed by atoms with Gasteiger partial charge in [0.25, 0.3) is 0 Å². The summed E-state index contributed by atoms with van der Waals surface area (Å²) < 4.78 is 0. The van der Waals surface area contributed by atoms with E-state index in [1.165, 1.54) is 0 Å². The molecule has 0 aliphatic carbocycles. The largest absolute Gasteiger partial charge is 0.338 e. The highest BCUT2D eigenvalue weighted by Crippen LogP contribution is 1.83. The lowest BCUT2D eigenvalue weighted by molar-refractivity contribution is 0.241. The summed E-state index contributed by atoms with van der Waals surface area (Å²) in [6.45, 7) is 8.96. The molecule has 70 valence electrons. The molecule has 0 atom stereocenters. The molecule has 0 fully saturated rings. The Morgan fingerprint density at radius 3 is 2.58 bits per heavy atom. The monoisotopic (exact) mass is 170 g/mol. The Morgan fingerprint density at radius 1 is 1.42 bits per heavy atom. The van der Waals surface area contributed by atoms with Gasteiger partial charge in [-0.25, -0.2) is 4.79 Å². The lowest BCUT2D eigenvalue weighted by Gasteiger charge is -2.05. The molecule has 0 rings (SSSR count). The summed E-state index contributed by atoms with van der Waals surface area (Å²) in [5.74, 6) is 0. The maximum atomic E-state index is 11.0. The van der Waals surface area contributed by atoms with Gasteiger partial charge in [-0.1, -0.05) is 25.5 Å². The van der Waals surface area contributed by atoms with E-state index in [-0.39, 0.29) is 6.03 Å². The Kier molecular flexibility index (Phi) is 6.15. The van der Waals surface area contributed by atoms with E-state index in [0.29, 0.717) is 6.54 Å². The quantitative estimate of drug-likeness (QED) is 0.478. The number of urea groups is 1. The minimum atomic E-state index is -0.105.